The van der Waals surface area contributed by atoms with Crippen LogP contribution < -0.4 is 0 Å². The van der Waals surface area contributed by atoms with Crippen LogP contribution in [0, 0.1) is 11.5 Å². The smallest absolute Gasteiger partial charge is 0.128 e. The first-order chi connectivity index (χ1) is 5.59. The van der Waals surface area contributed by atoms with Crippen LogP contribution in [0.5, 0.6) is 0 Å². The summed E-state index contributed by atoms with van der Waals surface area (Å²) in [5.41, 5.74) is 5.01. The summed E-state index contributed by atoms with van der Waals surface area (Å²) >= 11 is 0. The molecule has 0 saturated carbocycles. The molecule has 0 saturated heterocycles. The van der Waals surface area contributed by atoms with Crippen molar-refractivity contribution in [1.82, 2.24) is 0 Å². The van der Waals surface area contributed by atoms with Crippen molar-refractivity contribution < 1.29 is 0 Å². The van der Waals surface area contributed by atoms with Crippen LogP contribution in [0.1, 0.15) is 34.6 Å². The van der Waals surface area contributed by atoms with Gasteiger partial charge in [0.2, 0.25) is 0 Å². The predicted octanol–water partition coefficient (Wildman–Crippen LogP) is 3.15. The Hall–Kier alpha value is -0.483. The third-order valence-corrected chi connectivity index (χ3v) is 5.31. The highest BCUT2D eigenvalue weighted by molar-refractivity contribution is 6.70. The van der Waals surface area contributed by atoms with Gasteiger partial charge in [0.1, 0.15) is 8.80 Å². The predicted molar refractivity (Wildman–Crippen MR) is 59.9 cm³/mol. The van der Waals surface area contributed by atoms with E-state index in [1.807, 2.05) is 19.1 Å². The van der Waals surface area contributed by atoms with Crippen LogP contribution in [-0.4, -0.2) is 8.80 Å². The highest BCUT2D eigenvalue weighted by atomic mass is 28.3. The topological polar surface area (TPSA) is 0 Å². The van der Waals surface area contributed by atoms with Gasteiger partial charge in [0.25, 0.3) is 0 Å². The van der Waals surface area contributed by atoms with Crippen LogP contribution in [0.3, 0.4) is 0 Å². The Morgan fingerprint density at radius 3 is 1.92 bits per heavy atom. The first-order valence-electron chi connectivity index (χ1n) is 4.71. The lowest BCUT2D eigenvalue weighted by Crippen LogP contribution is -2.18. The number of hydrogen-bond donors (Lipinski definition) is 0. The molecule has 0 rings (SSSR count). The van der Waals surface area contributed by atoms with E-state index >= 15 is 0 Å². The Bertz CT molecular complexity index is 183. The van der Waals surface area contributed by atoms with Crippen molar-refractivity contribution in [2.75, 3.05) is 0 Å². The lowest BCUT2D eigenvalue weighted by Gasteiger charge is -2.15. The van der Waals surface area contributed by atoms with Gasteiger partial charge >= 0.3 is 0 Å². The maximum absolute atomic E-state index is 3.42. The molecule has 1 heteroatoms. The van der Waals surface area contributed by atoms with E-state index < -0.39 is 8.80 Å². The van der Waals surface area contributed by atoms with E-state index in [1.165, 1.54) is 0 Å². The van der Waals surface area contributed by atoms with Gasteiger partial charge in [0, 0.05) is 0 Å². The summed E-state index contributed by atoms with van der Waals surface area (Å²) in [5, 5.41) is 0. The molecule has 0 fully saturated rings. The second-order valence-corrected chi connectivity index (χ2v) is 7.81. The van der Waals surface area contributed by atoms with E-state index in [0.29, 0.717) is 0 Å². The SMILES string of the molecule is C/C=C\C#C[SiH](C(C)C)C(C)C. The van der Waals surface area contributed by atoms with Crippen LogP contribution in [0.25, 0.3) is 0 Å². The Morgan fingerprint density at radius 2 is 1.58 bits per heavy atom. The largest absolute Gasteiger partial charge is 0.130 e. The van der Waals surface area contributed by atoms with Gasteiger partial charge in [-0.05, 0) is 24.1 Å². The molecular formula is C11H20Si. The maximum Gasteiger partial charge on any atom is 0.128 e. The molecule has 0 aliphatic heterocycles. The van der Waals surface area contributed by atoms with E-state index in [0.717, 1.165) is 11.1 Å². The van der Waals surface area contributed by atoms with E-state index in [2.05, 4.69) is 39.2 Å². The molecule has 0 heterocycles. The monoisotopic (exact) mass is 180 g/mol. The average Bonchev–Trinajstić information content (AvgIpc) is 1.96. The van der Waals surface area contributed by atoms with E-state index in [-0.39, 0.29) is 0 Å². The lowest BCUT2D eigenvalue weighted by molar-refractivity contribution is 0.954. The number of allylic oxidation sites excluding steroid dienone is 2. The van der Waals surface area contributed by atoms with Gasteiger partial charge in [-0.3, -0.25) is 0 Å². The van der Waals surface area contributed by atoms with Gasteiger partial charge in [0.05, 0.1) is 0 Å². The van der Waals surface area contributed by atoms with Crippen molar-refractivity contribution in [3.05, 3.63) is 12.2 Å². The lowest BCUT2D eigenvalue weighted by atomic mass is 10.5. The van der Waals surface area contributed by atoms with Crippen LogP contribution in [0.2, 0.25) is 11.1 Å². The van der Waals surface area contributed by atoms with Gasteiger partial charge in [-0.2, -0.15) is 0 Å². The fourth-order valence-electron chi connectivity index (χ4n) is 1.33. The number of rotatable bonds is 2. The first kappa shape index (κ1) is 11.5. The summed E-state index contributed by atoms with van der Waals surface area (Å²) in [5.74, 6) is 3.13. The molecule has 0 aromatic rings. The zero-order chi connectivity index (χ0) is 9.56. The van der Waals surface area contributed by atoms with Gasteiger partial charge in [0.15, 0.2) is 0 Å². The van der Waals surface area contributed by atoms with Crippen molar-refractivity contribution >= 4 is 8.80 Å². The standard InChI is InChI=1S/C11H20Si/c1-6-7-8-9-12(10(2)3)11(4)5/h6-7,10-12H,1-5H3/b7-6-. The molecule has 0 N–H and O–H groups in total. The Balaban J connectivity index is 4.26. The normalized spacial score (nSPS) is 11.3. The molecule has 0 spiro atoms. The minimum atomic E-state index is -0.824. The highest BCUT2D eigenvalue weighted by Gasteiger charge is 2.16. The van der Waals surface area contributed by atoms with E-state index in [1.54, 1.807) is 0 Å². The molecule has 0 aliphatic rings. The third kappa shape index (κ3) is 4.41. The molecule has 0 bridgehead atoms. The molecule has 0 radical (unpaired) electrons. The van der Waals surface area contributed by atoms with Gasteiger partial charge in [-0.1, -0.05) is 39.7 Å². The summed E-state index contributed by atoms with van der Waals surface area (Å²) in [6.07, 6.45) is 3.95. The zero-order valence-electron chi connectivity index (χ0n) is 8.89. The minimum absolute atomic E-state index is 0.794. The summed E-state index contributed by atoms with van der Waals surface area (Å²) in [4.78, 5) is 0. The molecular weight excluding hydrogens is 160 g/mol. The zero-order valence-corrected chi connectivity index (χ0v) is 10.0. The molecule has 0 nitrogen and oxygen atoms in total. The minimum Gasteiger partial charge on any atom is -0.130 e. The van der Waals surface area contributed by atoms with E-state index in [9.17, 15) is 0 Å². The Labute approximate surface area is 78.7 Å². The van der Waals surface area contributed by atoms with Crippen molar-refractivity contribution in [2.24, 2.45) is 0 Å². The highest BCUT2D eigenvalue weighted by Crippen LogP contribution is 2.18. The molecule has 68 valence electrons. The van der Waals surface area contributed by atoms with E-state index in [4.69, 9.17) is 0 Å². The van der Waals surface area contributed by atoms with Crippen molar-refractivity contribution in [3.8, 4) is 11.5 Å². The molecule has 12 heavy (non-hydrogen) atoms. The second-order valence-electron chi connectivity index (χ2n) is 3.80. The Morgan fingerprint density at radius 1 is 1.08 bits per heavy atom. The molecule has 0 aromatic carbocycles. The number of hydrogen-bond acceptors (Lipinski definition) is 0. The van der Waals surface area contributed by atoms with Crippen molar-refractivity contribution in [3.63, 3.8) is 0 Å². The van der Waals surface area contributed by atoms with Gasteiger partial charge in [-0.15, -0.1) is 5.54 Å². The summed E-state index contributed by atoms with van der Waals surface area (Å²) in [7, 11) is -0.824. The molecule has 0 aromatic heterocycles. The van der Waals surface area contributed by atoms with Crippen LogP contribution >= 0.6 is 0 Å². The fraction of sp³-hybridized carbons (Fsp3) is 0.636. The van der Waals surface area contributed by atoms with Crippen molar-refractivity contribution in [1.29, 1.82) is 0 Å². The second kappa shape index (κ2) is 6.08. The van der Waals surface area contributed by atoms with Crippen LogP contribution in [0.4, 0.5) is 0 Å². The van der Waals surface area contributed by atoms with Crippen molar-refractivity contribution in [2.45, 2.75) is 45.7 Å². The quantitative estimate of drug-likeness (QED) is 0.452. The van der Waals surface area contributed by atoms with Crippen LogP contribution in [0.15, 0.2) is 12.2 Å². The molecule has 0 unspecified atom stereocenters. The Kier molecular flexibility index (Phi) is 5.83. The first-order valence-corrected chi connectivity index (χ1v) is 6.62. The average molecular weight is 180 g/mol. The molecule has 0 amide bonds. The molecule has 0 aliphatic carbocycles. The maximum atomic E-state index is 3.42. The summed E-state index contributed by atoms with van der Waals surface area (Å²) in [6, 6.07) is 0. The van der Waals surface area contributed by atoms with Crippen LogP contribution in [-0.2, 0) is 0 Å². The van der Waals surface area contributed by atoms with Gasteiger partial charge < -0.3 is 0 Å². The van der Waals surface area contributed by atoms with Gasteiger partial charge in [-0.25, -0.2) is 0 Å². The fourth-order valence-corrected chi connectivity index (χ4v) is 3.83. The summed E-state index contributed by atoms with van der Waals surface area (Å²) in [6.45, 7) is 11.2. The molecule has 0 atom stereocenters. The third-order valence-electron chi connectivity index (χ3n) is 1.94. The summed E-state index contributed by atoms with van der Waals surface area (Å²) < 4.78 is 0.